The summed E-state index contributed by atoms with van der Waals surface area (Å²) in [6.07, 6.45) is 3.09. The summed E-state index contributed by atoms with van der Waals surface area (Å²) >= 11 is 1.96. The lowest BCUT2D eigenvalue weighted by molar-refractivity contribution is -0.133. The van der Waals surface area contributed by atoms with E-state index in [-0.39, 0.29) is 0 Å². The normalized spacial score (nSPS) is 37.5. The molecule has 0 bridgehead atoms. The summed E-state index contributed by atoms with van der Waals surface area (Å²) in [6.45, 7) is 3.18. The van der Waals surface area contributed by atoms with Crippen LogP contribution in [0.4, 0.5) is 0 Å². The third-order valence-electron chi connectivity index (χ3n) is 2.35. The van der Waals surface area contributed by atoms with Gasteiger partial charge in [-0.05, 0) is 12.8 Å². The molecule has 62 valence electrons. The van der Waals surface area contributed by atoms with Crippen LogP contribution in [0, 0.1) is 0 Å². The molecule has 0 aromatic heterocycles. The van der Waals surface area contributed by atoms with Gasteiger partial charge in [0.15, 0.2) is 0 Å². The van der Waals surface area contributed by atoms with Gasteiger partial charge in [-0.3, -0.25) is 4.79 Å². The lowest BCUT2D eigenvalue weighted by Gasteiger charge is -2.27. The number of amides is 1. The molecule has 0 saturated carbocycles. The smallest absolute Gasteiger partial charge is 0.223 e. The van der Waals surface area contributed by atoms with E-state index in [0.717, 1.165) is 19.4 Å². The van der Waals surface area contributed by atoms with E-state index in [2.05, 4.69) is 11.8 Å². The third kappa shape index (κ3) is 1.26. The van der Waals surface area contributed by atoms with Crippen LogP contribution in [0.1, 0.15) is 26.2 Å². The molecule has 2 rings (SSSR count). The Hall–Kier alpha value is -0.180. The zero-order valence-corrected chi connectivity index (χ0v) is 7.56. The summed E-state index contributed by atoms with van der Waals surface area (Å²) in [5.74, 6) is 0.373. The van der Waals surface area contributed by atoms with Crippen molar-refractivity contribution < 1.29 is 4.79 Å². The summed E-state index contributed by atoms with van der Waals surface area (Å²) in [5.41, 5.74) is 0. The molecule has 2 heterocycles. The largest absolute Gasteiger partial charge is 0.330 e. The number of hydrogen-bond acceptors (Lipinski definition) is 2. The first-order valence-corrected chi connectivity index (χ1v) is 5.16. The molecular formula is C8H13NOS. The average molecular weight is 171 g/mol. The third-order valence-corrected chi connectivity index (χ3v) is 3.77. The number of hydrogen-bond donors (Lipinski definition) is 0. The van der Waals surface area contributed by atoms with E-state index in [1.54, 1.807) is 0 Å². The van der Waals surface area contributed by atoms with Gasteiger partial charge in [0.2, 0.25) is 5.91 Å². The molecule has 2 aliphatic rings. The van der Waals surface area contributed by atoms with Gasteiger partial charge in [-0.25, -0.2) is 0 Å². The number of thioether (sulfide) groups is 1. The second-order valence-corrected chi connectivity index (χ2v) is 4.96. The summed E-state index contributed by atoms with van der Waals surface area (Å²) in [6, 6.07) is 0. The predicted octanol–water partition coefficient (Wildman–Crippen LogP) is 1.46. The lowest BCUT2D eigenvalue weighted by Crippen LogP contribution is -2.38. The van der Waals surface area contributed by atoms with E-state index in [1.165, 1.54) is 6.42 Å². The molecule has 0 aromatic carbocycles. The quantitative estimate of drug-likeness (QED) is 0.550. The van der Waals surface area contributed by atoms with E-state index in [0.29, 0.717) is 16.5 Å². The van der Waals surface area contributed by atoms with Gasteiger partial charge >= 0.3 is 0 Å². The minimum absolute atomic E-state index is 0.373. The van der Waals surface area contributed by atoms with Crippen molar-refractivity contribution in [3.63, 3.8) is 0 Å². The summed E-state index contributed by atoms with van der Waals surface area (Å²) in [5, 5.41) is 1.17. The first-order valence-electron chi connectivity index (χ1n) is 4.22. The molecule has 2 nitrogen and oxygen atoms in total. The van der Waals surface area contributed by atoms with Crippen LogP contribution in [0.2, 0.25) is 0 Å². The van der Waals surface area contributed by atoms with Crippen LogP contribution in [-0.2, 0) is 4.79 Å². The van der Waals surface area contributed by atoms with Crippen LogP contribution < -0.4 is 0 Å². The molecule has 3 heteroatoms. The topological polar surface area (TPSA) is 20.3 Å². The van der Waals surface area contributed by atoms with E-state index in [9.17, 15) is 4.79 Å². The van der Waals surface area contributed by atoms with E-state index in [1.807, 2.05) is 11.8 Å². The van der Waals surface area contributed by atoms with Crippen molar-refractivity contribution in [1.29, 1.82) is 0 Å². The van der Waals surface area contributed by atoms with Crippen LogP contribution in [0.3, 0.4) is 0 Å². The van der Waals surface area contributed by atoms with Crippen LogP contribution >= 0.6 is 11.8 Å². The van der Waals surface area contributed by atoms with E-state index < -0.39 is 0 Å². The highest BCUT2D eigenvalue weighted by Crippen LogP contribution is 2.36. The zero-order valence-electron chi connectivity index (χ0n) is 6.75. The van der Waals surface area contributed by atoms with Crippen molar-refractivity contribution in [1.82, 2.24) is 4.90 Å². The Morgan fingerprint density at radius 3 is 3.18 bits per heavy atom. The second kappa shape index (κ2) is 2.70. The number of carbonyl (C=O) groups is 1. The number of rotatable bonds is 0. The summed E-state index contributed by atoms with van der Waals surface area (Å²) in [4.78, 5) is 13.4. The molecule has 11 heavy (non-hydrogen) atoms. The van der Waals surface area contributed by atoms with Crippen molar-refractivity contribution in [2.24, 2.45) is 0 Å². The van der Waals surface area contributed by atoms with Gasteiger partial charge in [-0.2, -0.15) is 0 Å². The maximum Gasteiger partial charge on any atom is 0.223 e. The molecular weight excluding hydrogens is 158 g/mol. The Morgan fingerprint density at radius 2 is 2.45 bits per heavy atom. The minimum Gasteiger partial charge on any atom is -0.330 e. The van der Waals surface area contributed by atoms with Crippen LogP contribution in [-0.4, -0.2) is 28.0 Å². The van der Waals surface area contributed by atoms with Gasteiger partial charge < -0.3 is 4.90 Å². The van der Waals surface area contributed by atoms with Crippen molar-refractivity contribution >= 4 is 17.7 Å². The maximum absolute atomic E-state index is 11.3. The summed E-state index contributed by atoms with van der Waals surface area (Å²) in [7, 11) is 0. The van der Waals surface area contributed by atoms with E-state index >= 15 is 0 Å². The highest BCUT2D eigenvalue weighted by Gasteiger charge is 2.35. The lowest BCUT2D eigenvalue weighted by atomic mass is 10.1. The second-order valence-electron chi connectivity index (χ2n) is 3.34. The van der Waals surface area contributed by atoms with Gasteiger partial charge in [0, 0.05) is 18.2 Å². The average Bonchev–Trinajstić information content (AvgIpc) is 2.31. The first-order chi connectivity index (χ1) is 5.27. The number of carbonyl (C=O) groups excluding carboxylic acids is 1. The Bertz CT molecular complexity index is 183. The number of nitrogens with zero attached hydrogens (tertiary/aromatic N) is 1. The van der Waals surface area contributed by atoms with Gasteiger partial charge in [-0.15, -0.1) is 11.8 Å². The van der Waals surface area contributed by atoms with Crippen molar-refractivity contribution in [2.45, 2.75) is 36.8 Å². The van der Waals surface area contributed by atoms with Crippen molar-refractivity contribution in [2.75, 3.05) is 6.54 Å². The van der Waals surface area contributed by atoms with Gasteiger partial charge in [-0.1, -0.05) is 6.92 Å². The van der Waals surface area contributed by atoms with Crippen LogP contribution in [0.25, 0.3) is 0 Å². The maximum atomic E-state index is 11.3. The Labute approximate surface area is 71.3 Å². The number of fused-ring (bicyclic) bond motifs is 1. The molecule has 2 unspecified atom stereocenters. The van der Waals surface area contributed by atoms with Gasteiger partial charge in [0.05, 0.1) is 5.37 Å². The molecule has 0 spiro atoms. The summed E-state index contributed by atoms with van der Waals surface area (Å²) < 4.78 is 0. The van der Waals surface area contributed by atoms with Crippen molar-refractivity contribution in [3.05, 3.63) is 0 Å². The molecule has 0 aromatic rings. The standard InChI is InChI=1S/C8H13NOS/c1-6-5-9-7(10)3-2-4-8(9)11-6/h6,8H,2-5H2,1H3. The highest BCUT2D eigenvalue weighted by molar-refractivity contribution is 8.00. The fraction of sp³-hybridized carbons (Fsp3) is 0.875. The minimum atomic E-state index is 0.373. The first kappa shape index (κ1) is 7.47. The Balaban J connectivity index is 2.09. The molecule has 2 atom stereocenters. The fourth-order valence-electron chi connectivity index (χ4n) is 1.84. The molecule has 0 N–H and O–H groups in total. The van der Waals surface area contributed by atoms with Crippen LogP contribution in [0.5, 0.6) is 0 Å². The SMILES string of the molecule is CC1CN2C(=O)CCCC2S1. The Kier molecular flexibility index (Phi) is 1.83. The van der Waals surface area contributed by atoms with Crippen molar-refractivity contribution in [3.8, 4) is 0 Å². The highest BCUT2D eigenvalue weighted by atomic mass is 32.2. The molecule has 2 fully saturated rings. The molecule has 2 aliphatic heterocycles. The monoisotopic (exact) mass is 171 g/mol. The molecule has 0 radical (unpaired) electrons. The van der Waals surface area contributed by atoms with Gasteiger partial charge in [0.25, 0.3) is 0 Å². The zero-order chi connectivity index (χ0) is 7.84. The molecule has 2 saturated heterocycles. The predicted molar refractivity (Wildman–Crippen MR) is 46.4 cm³/mol. The van der Waals surface area contributed by atoms with E-state index in [4.69, 9.17) is 0 Å². The van der Waals surface area contributed by atoms with Gasteiger partial charge in [0.1, 0.15) is 0 Å². The molecule has 1 amide bonds. The fourth-order valence-corrected chi connectivity index (χ4v) is 3.27. The Morgan fingerprint density at radius 1 is 1.64 bits per heavy atom. The number of piperidine rings is 1. The van der Waals surface area contributed by atoms with Crippen LogP contribution in [0.15, 0.2) is 0 Å². The molecule has 0 aliphatic carbocycles.